The van der Waals surface area contributed by atoms with Crippen LogP contribution in [0.2, 0.25) is 0 Å². The fourth-order valence-electron chi connectivity index (χ4n) is 4.20. The molecule has 0 amide bonds. The number of rotatable bonds is 9. The maximum absolute atomic E-state index is 9.39. The van der Waals surface area contributed by atoms with E-state index in [4.69, 9.17) is 4.42 Å². The van der Waals surface area contributed by atoms with Crippen LogP contribution in [0.1, 0.15) is 44.6 Å². The first-order chi connectivity index (χ1) is 14.6. The number of hydrogen-bond donors (Lipinski definition) is 0. The number of nitriles is 2. The fourth-order valence-corrected chi connectivity index (χ4v) is 5.05. The lowest BCUT2D eigenvalue weighted by Gasteiger charge is -2.26. The molecule has 2 saturated heterocycles. The van der Waals surface area contributed by atoms with Crippen LogP contribution in [0.4, 0.5) is 0 Å². The minimum atomic E-state index is 0.228. The Kier molecular flexibility index (Phi) is 8.54. The molecule has 0 aromatic carbocycles. The van der Waals surface area contributed by atoms with Crippen LogP contribution in [0.3, 0.4) is 0 Å². The summed E-state index contributed by atoms with van der Waals surface area (Å²) in [5, 5.41) is 18.8. The molecule has 162 valence electrons. The molecule has 7 heteroatoms. The van der Waals surface area contributed by atoms with Crippen molar-refractivity contribution < 1.29 is 4.42 Å². The van der Waals surface area contributed by atoms with E-state index in [0.29, 0.717) is 5.92 Å². The Hall–Kier alpha value is -2.09. The van der Waals surface area contributed by atoms with Crippen molar-refractivity contribution in [3.63, 3.8) is 0 Å². The van der Waals surface area contributed by atoms with Crippen LogP contribution in [0.5, 0.6) is 0 Å². The number of furan rings is 1. The zero-order valence-corrected chi connectivity index (χ0v) is 19.1. The lowest BCUT2D eigenvalue weighted by Crippen LogP contribution is -2.29. The van der Waals surface area contributed by atoms with E-state index in [1.54, 1.807) is 0 Å². The number of thioether (sulfide) groups is 1. The summed E-state index contributed by atoms with van der Waals surface area (Å²) in [7, 11) is 0. The first-order valence-electron chi connectivity index (χ1n) is 11.0. The SMILES string of the molecule is CC(C)CN1CCN(CCSCc2ccc(CN3CCCCC3)o2)C1=C(C#N)C#N. The maximum Gasteiger partial charge on any atom is 0.169 e. The molecule has 1 aromatic rings. The monoisotopic (exact) mass is 427 g/mol. The van der Waals surface area contributed by atoms with Gasteiger partial charge in [0.15, 0.2) is 5.57 Å². The summed E-state index contributed by atoms with van der Waals surface area (Å²) in [6.07, 6.45) is 3.94. The lowest BCUT2D eigenvalue weighted by atomic mass is 10.1. The first kappa shape index (κ1) is 22.6. The van der Waals surface area contributed by atoms with Crippen LogP contribution in [-0.4, -0.2) is 59.7 Å². The van der Waals surface area contributed by atoms with Gasteiger partial charge in [-0.2, -0.15) is 22.3 Å². The van der Waals surface area contributed by atoms with Gasteiger partial charge in [-0.3, -0.25) is 4.90 Å². The Labute approximate surface area is 185 Å². The van der Waals surface area contributed by atoms with Crippen LogP contribution in [-0.2, 0) is 12.3 Å². The second-order valence-electron chi connectivity index (χ2n) is 8.51. The number of hydrogen-bond acceptors (Lipinski definition) is 7. The normalized spacial score (nSPS) is 17.4. The van der Waals surface area contributed by atoms with Gasteiger partial charge in [0.05, 0.1) is 12.3 Å². The quantitative estimate of drug-likeness (QED) is 0.435. The summed E-state index contributed by atoms with van der Waals surface area (Å²) in [6.45, 7) is 11.1. The van der Waals surface area contributed by atoms with E-state index >= 15 is 0 Å². The Balaban J connectivity index is 1.47. The van der Waals surface area contributed by atoms with Gasteiger partial charge in [0, 0.05) is 31.9 Å². The Morgan fingerprint density at radius 3 is 2.43 bits per heavy atom. The molecule has 0 bridgehead atoms. The Bertz CT molecular complexity index is 781. The van der Waals surface area contributed by atoms with Crippen molar-refractivity contribution >= 4 is 11.8 Å². The maximum atomic E-state index is 9.39. The highest BCUT2D eigenvalue weighted by molar-refractivity contribution is 7.98. The summed E-state index contributed by atoms with van der Waals surface area (Å²) < 4.78 is 6.03. The number of nitrogens with zero attached hydrogens (tertiary/aromatic N) is 5. The molecule has 0 spiro atoms. The third-order valence-electron chi connectivity index (χ3n) is 5.57. The van der Waals surface area contributed by atoms with Crippen molar-refractivity contribution in [2.24, 2.45) is 5.92 Å². The molecule has 3 rings (SSSR count). The third-order valence-corrected chi connectivity index (χ3v) is 6.53. The Morgan fingerprint density at radius 1 is 1.03 bits per heavy atom. The van der Waals surface area contributed by atoms with Gasteiger partial charge in [-0.1, -0.05) is 20.3 Å². The Morgan fingerprint density at radius 2 is 1.73 bits per heavy atom. The van der Waals surface area contributed by atoms with Gasteiger partial charge in [-0.25, -0.2) is 0 Å². The highest BCUT2D eigenvalue weighted by Gasteiger charge is 2.28. The van der Waals surface area contributed by atoms with Crippen LogP contribution >= 0.6 is 11.8 Å². The summed E-state index contributed by atoms with van der Waals surface area (Å²) in [6, 6.07) is 8.39. The van der Waals surface area contributed by atoms with E-state index in [0.717, 1.165) is 61.6 Å². The largest absolute Gasteiger partial charge is 0.464 e. The average molecular weight is 428 g/mol. The van der Waals surface area contributed by atoms with Crippen molar-refractivity contribution in [3.05, 3.63) is 35.0 Å². The molecule has 1 aromatic heterocycles. The van der Waals surface area contributed by atoms with Gasteiger partial charge >= 0.3 is 0 Å². The molecule has 0 atom stereocenters. The number of allylic oxidation sites excluding steroid dienone is 1. The van der Waals surface area contributed by atoms with Crippen molar-refractivity contribution in [2.75, 3.05) is 45.0 Å². The van der Waals surface area contributed by atoms with Crippen LogP contribution in [0, 0.1) is 28.6 Å². The minimum Gasteiger partial charge on any atom is -0.464 e. The molecular weight excluding hydrogens is 394 g/mol. The zero-order valence-electron chi connectivity index (χ0n) is 18.3. The summed E-state index contributed by atoms with van der Waals surface area (Å²) in [4.78, 5) is 6.86. The molecule has 2 fully saturated rings. The highest BCUT2D eigenvalue weighted by atomic mass is 32.2. The van der Waals surface area contributed by atoms with E-state index in [1.165, 1.54) is 32.4 Å². The van der Waals surface area contributed by atoms with Gasteiger partial charge in [-0.15, -0.1) is 0 Å². The minimum absolute atomic E-state index is 0.228. The van der Waals surface area contributed by atoms with Gasteiger partial charge < -0.3 is 14.2 Å². The standard InChI is InChI=1S/C23H33N5OS/c1-19(2)16-28-11-10-27(23(28)20(14-24)15-25)12-13-30-18-22-7-6-21(29-22)17-26-8-4-3-5-9-26/h6-7,19H,3-5,8-13,16-18H2,1-2H3. The van der Waals surface area contributed by atoms with E-state index in [-0.39, 0.29) is 5.57 Å². The number of likely N-dealkylation sites (tertiary alicyclic amines) is 1. The topological polar surface area (TPSA) is 70.4 Å². The summed E-state index contributed by atoms with van der Waals surface area (Å²) >= 11 is 1.84. The molecule has 0 N–H and O–H groups in total. The summed E-state index contributed by atoms with van der Waals surface area (Å²) in [5.41, 5.74) is 0.228. The lowest BCUT2D eigenvalue weighted by molar-refractivity contribution is 0.204. The fraction of sp³-hybridized carbons (Fsp3) is 0.652. The van der Waals surface area contributed by atoms with Gasteiger partial charge in [0.25, 0.3) is 0 Å². The molecular formula is C23H33N5OS. The molecule has 2 aliphatic rings. The van der Waals surface area contributed by atoms with Crippen molar-refractivity contribution in [3.8, 4) is 12.1 Å². The molecule has 2 aliphatic heterocycles. The highest BCUT2D eigenvalue weighted by Crippen LogP contribution is 2.24. The van der Waals surface area contributed by atoms with Crippen molar-refractivity contribution in [1.29, 1.82) is 10.5 Å². The van der Waals surface area contributed by atoms with Gasteiger partial charge in [0.1, 0.15) is 29.5 Å². The second-order valence-corrected chi connectivity index (χ2v) is 9.61. The van der Waals surface area contributed by atoms with Gasteiger partial charge in [-0.05, 0) is 44.0 Å². The molecule has 0 saturated carbocycles. The van der Waals surface area contributed by atoms with Gasteiger partial charge in [0.2, 0.25) is 0 Å². The second kappa shape index (κ2) is 11.3. The average Bonchev–Trinajstić information content (AvgIpc) is 3.34. The third kappa shape index (κ3) is 6.20. The summed E-state index contributed by atoms with van der Waals surface area (Å²) in [5.74, 6) is 5.19. The van der Waals surface area contributed by atoms with Crippen LogP contribution in [0.25, 0.3) is 0 Å². The van der Waals surface area contributed by atoms with Crippen LogP contribution < -0.4 is 0 Å². The molecule has 6 nitrogen and oxygen atoms in total. The zero-order chi connectivity index (χ0) is 21.3. The van der Waals surface area contributed by atoms with E-state index in [9.17, 15) is 10.5 Å². The van der Waals surface area contributed by atoms with Crippen molar-refractivity contribution in [2.45, 2.75) is 45.4 Å². The van der Waals surface area contributed by atoms with E-state index < -0.39 is 0 Å². The number of piperidine rings is 1. The predicted octanol–water partition coefficient (Wildman–Crippen LogP) is 4.03. The molecule has 0 unspecified atom stereocenters. The predicted molar refractivity (Wildman–Crippen MR) is 120 cm³/mol. The van der Waals surface area contributed by atoms with Crippen LogP contribution in [0.15, 0.2) is 27.9 Å². The first-order valence-corrected chi connectivity index (χ1v) is 12.2. The van der Waals surface area contributed by atoms with E-state index in [2.05, 4.69) is 52.8 Å². The molecule has 0 radical (unpaired) electrons. The smallest absolute Gasteiger partial charge is 0.169 e. The van der Waals surface area contributed by atoms with E-state index in [1.807, 2.05) is 11.8 Å². The molecule has 30 heavy (non-hydrogen) atoms. The van der Waals surface area contributed by atoms with Crippen molar-refractivity contribution in [1.82, 2.24) is 14.7 Å². The molecule has 3 heterocycles. The molecule has 0 aliphatic carbocycles.